The van der Waals surface area contributed by atoms with Gasteiger partial charge in [0.05, 0.1) is 16.2 Å². The lowest BCUT2D eigenvalue weighted by Crippen LogP contribution is -2.41. The number of hydrogen-bond acceptors (Lipinski definition) is 3. The summed E-state index contributed by atoms with van der Waals surface area (Å²) in [5.41, 5.74) is 2.38. The first kappa shape index (κ1) is 18.3. The molecule has 0 atom stereocenters. The zero-order chi connectivity index (χ0) is 18.2. The van der Waals surface area contributed by atoms with E-state index in [1.165, 1.54) is 0 Å². The quantitative estimate of drug-likeness (QED) is 0.752. The van der Waals surface area contributed by atoms with Gasteiger partial charge in [-0.2, -0.15) is 0 Å². The van der Waals surface area contributed by atoms with Crippen molar-refractivity contribution in [3.8, 4) is 5.75 Å². The molecule has 1 fully saturated rings. The van der Waals surface area contributed by atoms with Crippen LogP contribution in [-0.4, -0.2) is 18.3 Å². The summed E-state index contributed by atoms with van der Waals surface area (Å²) in [5, 5.41) is 0.619. The third kappa shape index (κ3) is 3.71. The van der Waals surface area contributed by atoms with Crippen LogP contribution in [0.3, 0.4) is 0 Å². The molecule has 0 N–H and O–H groups in total. The van der Waals surface area contributed by atoms with Crippen molar-refractivity contribution in [2.24, 2.45) is 0 Å². The molecule has 2 aromatic carbocycles. The van der Waals surface area contributed by atoms with Gasteiger partial charge in [0.15, 0.2) is 0 Å². The van der Waals surface area contributed by atoms with Crippen LogP contribution in [0.15, 0.2) is 42.5 Å². The molecule has 2 aromatic rings. The highest BCUT2D eigenvalue weighted by Gasteiger charge is 2.52. The maximum Gasteiger partial charge on any atom is 0.495 e. The van der Waals surface area contributed by atoms with E-state index in [-0.39, 0.29) is 11.2 Å². The predicted molar refractivity (Wildman–Crippen MR) is 103 cm³/mol. The van der Waals surface area contributed by atoms with Gasteiger partial charge in [0, 0.05) is 0 Å². The summed E-state index contributed by atoms with van der Waals surface area (Å²) in [4.78, 5) is 0. The Labute approximate surface area is 155 Å². The Bertz CT molecular complexity index is 757. The van der Waals surface area contributed by atoms with Gasteiger partial charge in [-0.15, -0.1) is 0 Å². The van der Waals surface area contributed by atoms with Crippen LogP contribution in [0, 0.1) is 6.92 Å². The van der Waals surface area contributed by atoms with Crippen LogP contribution < -0.4 is 10.2 Å². The van der Waals surface area contributed by atoms with Crippen LogP contribution in [-0.2, 0) is 15.9 Å². The van der Waals surface area contributed by atoms with E-state index in [0.717, 1.165) is 16.6 Å². The maximum absolute atomic E-state index is 6.26. The van der Waals surface area contributed by atoms with Crippen LogP contribution in [0.25, 0.3) is 0 Å². The Hall–Kier alpha value is -1.49. The molecule has 0 saturated carbocycles. The molecule has 1 aliphatic rings. The summed E-state index contributed by atoms with van der Waals surface area (Å²) < 4.78 is 18.3. The largest absolute Gasteiger partial charge is 0.495 e. The first-order chi connectivity index (χ1) is 11.7. The van der Waals surface area contributed by atoms with Gasteiger partial charge >= 0.3 is 7.12 Å². The minimum Gasteiger partial charge on any atom is -0.487 e. The lowest BCUT2D eigenvalue weighted by atomic mass is 9.76. The molecule has 0 spiro atoms. The molecule has 1 heterocycles. The topological polar surface area (TPSA) is 27.7 Å². The van der Waals surface area contributed by atoms with Crippen molar-refractivity contribution in [3.05, 3.63) is 58.6 Å². The first-order valence-corrected chi connectivity index (χ1v) is 8.90. The zero-order valence-electron chi connectivity index (χ0n) is 15.4. The summed E-state index contributed by atoms with van der Waals surface area (Å²) in [5.74, 6) is 0.677. The Morgan fingerprint density at radius 1 is 1.00 bits per heavy atom. The number of ether oxygens (including phenoxy) is 1. The van der Waals surface area contributed by atoms with Gasteiger partial charge in [-0.25, -0.2) is 0 Å². The van der Waals surface area contributed by atoms with Gasteiger partial charge in [-0.05, 0) is 63.3 Å². The third-order valence-corrected chi connectivity index (χ3v) is 5.33. The smallest absolute Gasteiger partial charge is 0.487 e. The van der Waals surface area contributed by atoms with E-state index in [0.29, 0.717) is 17.4 Å². The van der Waals surface area contributed by atoms with E-state index in [4.69, 9.17) is 25.6 Å². The molecule has 0 radical (unpaired) electrons. The molecule has 0 amide bonds. The average Bonchev–Trinajstić information content (AvgIpc) is 2.75. The van der Waals surface area contributed by atoms with Gasteiger partial charge in [-0.3, -0.25) is 0 Å². The maximum atomic E-state index is 6.26. The monoisotopic (exact) mass is 358 g/mol. The Kier molecular flexibility index (Phi) is 4.89. The van der Waals surface area contributed by atoms with Gasteiger partial charge < -0.3 is 14.0 Å². The van der Waals surface area contributed by atoms with Gasteiger partial charge in [0.25, 0.3) is 0 Å². The molecule has 0 aromatic heterocycles. The lowest BCUT2D eigenvalue weighted by molar-refractivity contribution is 0.00578. The number of benzene rings is 2. The summed E-state index contributed by atoms with van der Waals surface area (Å²) in [7, 11) is -0.404. The lowest BCUT2D eigenvalue weighted by Gasteiger charge is -2.32. The molecule has 3 nitrogen and oxygen atoms in total. The summed E-state index contributed by atoms with van der Waals surface area (Å²) in [6.45, 7) is 10.6. The van der Waals surface area contributed by atoms with Gasteiger partial charge in [-0.1, -0.05) is 41.9 Å². The SMILES string of the molecule is Cc1ccc(OCc2ccccc2B2OC(C)(C)C(C)(C)O2)c(Cl)c1. The van der Waals surface area contributed by atoms with Gasteiger partial charge in [0.1, 0.15) is 12.4 Å². The molecule has 3 rings (SSSR count). The van der Waals surface area contributed by atoms with Crippen LogP contribution in [0.4, 0.5) is 0 Å². The molecular formula is C20H24BClO3. The van der Waals surface area contributed by atoms with E-state index in [9.17, 15) is 0 Å². The molecule has 25 heavy (non-hydrogen) atoms. The predicted octanol–water partition coefficient (Wildman–Crippen LogP) is 4.53. The second-order valence-corrected chi connectivity index (χ2v) is 7.92. The van der Waals surface area contributed by atoms with E-state index in [1.807, 2.05) is 49.4 Å². The van der Waals surface area contributed by atoms with E-state index < -0.39 is 7.12 Å². The van der Waals surface area contributed by atoms with E-state index >= 15 is 0 Å². The minimum absolute atomic E-state index is 0.369. The van der Waals surface area contributed by atoms with Crippen molar-refractivity contribution in [2.75, 3.05) is 0 Å². The van der Waals surface area contributed by atoms with Crippen molar-refractivity contribution in [3.63, 3.8) is 0 Å². The molecule has 132 valence electrons. The second kappa shape index (κ2) is 6.67. The highest BCUT2D eigenvalue weighted by molar-refractivity contribution is 6.62. The van der Waals surface area contributed by atoms with E-state index in [1.54, 1.807) is 0 Å². The fourth-order valence-corrected chi connectivity index (χ4v) is 3.03. The van der Waals surface area contributed by atoms with Crippen molar-refractivity contribution < 1.29 is 14.0 Å². The first-order valence-electron chi connectivity index (χ1n) is 8.52. The van der Waals surface area contributed by atoms with Crippen molar-refractivity contribution in [2.45, 2.75) is 52.4 Å². The Morgan fingerprint density at radius 3 is 2.28 bits per heavy atom. The fourth-order valence-electron chi connectivity index (χ4n) is 2.74. The van der Waals surface area contributed by atoms with Crippen molar-refractivity contribution >= 4 is 24.2 Å². The highest BCUT2D eigenvalue weighted by atomic mass is 35.5. The molecule has 0 unspecified atom stereocenters. The second-order valence-electron chi connectivity index (χ2n) is 7.51. The van der Waals surface area contributed by atoms with Crippen molar-refractivity contribution in [1.29, 1.82) is 0 Å². The molecule has 5 heteroatoms. The number of halogens is 1. The molecule has 0 aliphatic carbocycles. The fraction of sp³-hybridized carbons (Fsp3) is 0.400. The highest BCUT2D eigenvalue weighted by Crippen LogP contribution is 2.36. The zero-order valence-corrected chi connectivity index (χ0v) is 16.2. The summed E-state index contributed by atoms with van der Waals surface area (Å²) in [6.07, 6.45) is 0. The number of hydrogen-bond donors (Lipinski definition) is 0. The van der Waals surface area contributed by atoms with Crippen LogP contribution in [0.1, 0.15) is 38.8 Å². The average molecular weight is 359 g/mol. The van der Waals surface area contributed by atoms with E-state index in [2.05, 4.69) is 27.7 Å². The summed E-state index contributed by atoms with van der Waals surface area (Å²) in [6, 6.07) is 13.8. The Balaban J connectivity index is 1.80. The van der Waals surface area contributed by atoms with Gasteiger partial charge in [0.2, 0.25) is 0 Å². The molecule has 1 saturated heterocycles. The third-order valence-electron chi connectivity index (χ3n) is 5.03. The summed E-state index contributed by atoms with van der Waals surface area (Å²) >= 11 is 6.26. The Morgan fingerprint density at radius 2 is 1.64 bits per heavy atom. The van der Waals surface area contributed by atoms with Crippen molar-refractivity contribution in [1.82, 2.24) is 0 Å². The van der Waals surface area contributed by atoms with Crippen LogP contribution in [0.5, 0.6) is 5.75 Å². The standard InChI is InChI=1S/C20H24BClO3/c1-14-10-11-18(17(22)12-14)23-13-15-8-6-7-9-16(15)21-24-19(2,3)20(4,5)25-21/h6-12H,13H2,1-5H3. The minimum atomic E-state index is -0.404. The molecule has 0 bridgehead atoms. The number of rotatable bonds is 4. The van der Waals surface area contributed by atoms with Crippen LogP contribution >= 0.6 is 11.6 Å². The molecule has 1 aliphatic heterocycles. The molecular weight excluding hydrogens is 334 g/mol. The number of aryl methyl sites for hydroxylation is 1. The normalized spacial score (nSPS) is 18.4. The van der Waals surface area contributed by atoms with Crippen LogP contribution in [0.2, 0.25) is 5.02 Å².